The fraction of sp³-hybridized carbons (Fsp3) is 0.350. The first-order valence-corrected chi connectivity index (χ1v) is 10.3. The van der Waals surface area contributed by atoms with Gasteiger partial charge >= 0.3 is 0 Å². The normalized spacial score (nSPS) is 17.4. The first kappa shape index (κ1) is 18.6. The second kappa shape index (κ2) is 8.53. The van der Waals surface area contributed by atoms with E-state index in [0.29, 0.717) is 35.6 Å². The number of anilines is 1. The molecule has 144 valence electrons. The molecule has 0 aliphatic carbocycles. The van der Waals surface area contributed by atoms with E-state index >= 15 is 0 Å². The summed E-state index contributed by atoms with van der Waals surface area (Å²) < 4.78 is 0. The molecule has 1 aliphatic heterocycles. The van der Waals surface area contributed by atoms with Crippen LogP contribution in [0.3, 0.4) is 0 Å². The fourth-order valence-electron chi connectivity index (χ4n) is 3.34. The Morgan fingerprint density at radius 1 is 1.21 bits per heavy atom. The largest absolute Gasteiger partial charge is 0.309 e. The van der Waals surface area contributed by atoms with E-state index in [1.165, 1.54) is 17.8 Å². The summed E-state index contributed by atoms with van der Waals surface area (Å²) in [5, 5.41) is 5.61. The van der Waals surface area contributed by atoms with E-state index in [2.05, 4.69) is 37.1 Å². The molecule has 0 spiro atoms. The molecule has 28 heavy (non-hydrogen) atoms. The zero-order chi connectivity index (χ0) is 19.3. The second-order valence-corrected chi connectivity index (χ2v) is 7.77. The molecule has 3 aromatic rings. The lowest BCUT2D eigenvalue weighted by Crippen LogP contribution is -2.42. The van der Waals surface area contributed by atoms with Gasteiger partial charge in [0.1, 0.15) is 22.2 Å². The van der Waals surface area contributed by atoms with Gasteiger partial charge in [-0.3, -0.25) is 14.7 Å². The summed E-state index contributed by atoms with van der Waals surface area (Å²) >= 11 is 1.49. The number of hydrogen-bond donors (Lipinski definition) is 1. The Kier molecular flexibility index (Phi) is 5.68. The van der Waals surface area contributed by atoms with Crippen LogP contribution in [0.15, 0.2) is 42.0 Å². The molecule has 4 heterocycles. The molecule has 1 fully saturated rings. The molecule has 3 aromatic heterocycles. The number of carbonyl (C=O) groups excluding carboxylic acids is 1. The van der Waals surface area contributed by atoms with Crippen molar-refractivity contribution in [3.8, 4) is 22.2 Å². The van der Waals surface area contributed by atoms with Crippen molar-refractivity contribution < 1.29 is 4.79 Å². The molecule has 1 N–H and O–H groups in total. The van der Waals surface area contributed by atoms with E-state index in [4.69, 9.17) is 0 Å². The molecule has 7 nitrogen and oxygen atoms in total. The van der Waals surface area contributed by atoms with Crippen LogP contribution >= 0.6 is 11.3 Å². The minimum Gasteiger partial charge on any atom is -0.309 e. The maximum absolute atomic E-state index is 12.6. The van der Waals surface area contributed by atoms with Gasteiger partial charge in [0, 0.05) is 29.9 Å². The van der Waals surface area contributed by atoms with Crippen molar-refractivity contribution in [2.75, 3.05) is 18.4 Å². The lowest BCUT2D eigenvalue weighted by Gasteiger charge is -2.32. The maximum atomic E-state index is 12.6. The molecule has 1 aliphatic rings. The standard InChI is InChI=1S/C20H22N6OS/c1-14-6-3-5-10-26(14)13-18(27)24-17-12-16(20-22-9-11-28-20)23-19(25-17)15-7-2-4-8-21-15/h2,4,7-9,11-12,14H,3,5-6,10,13H2,1H3,(H,23,24,25,27). The predicted molar refractivity (Wildman–Crippen MR) is 110 cm³/mol. The van der Waals surface area contributed by atoms with E-state index in [0.717, 1.165) is 24.4 Å². The number of hydrogen-bond acceptors (Lipinski definition) is 7. The van der Waals surface area contributed by atoms with Crippen molar-refractivity contribution in [2.24, 2.45) is 0 Å². The number of likely N-dealkylation sites (tertiary alicyclic amines) is 1. The molecular weight excluding hydrogens is 372 g/mol. The molecule has 8 heteroatoms. The summed E-state index contributed by atoms with van der Waals surface area (Å²) in [7, 11) is 0. The number of amides is 1. The summed E-state index contributed by atoms with van der Waals surface area (Å²) in [6, 6.07) is 7.78. The van der Waals surface area contributed by atoms with Crippen molar-refractivity contribution in [2.45, 2.75) is 32.2 Å². The summed E-state index contributed by atoms with van der Waals surface area (Å²) in [6.07, 6.45) is 6.95. The maximum Gasteiger partial charge on any atom is 0.239 e. The molecule has 1 saturated heterocycles. The summed E-state index contributed by atoms with van der Waals surface area (Å²) in [4.78, 5) is 32.6. The Bertz CT molecular complexity index is 931. The van der Waals surface area contributed by atoms with E-state index in [1.807, 2.05) is 23.6 Å². The first-order chi connectivity index (χ1) is 13.7. The monoisotopic (exact) mass is 394 g/mol. The van der Waals surface area contributed by atoms with Crippen LogP contribution in [0.25, 0.3) is 22.2 Å². The van der Waals surface area contributed by atoms with E-state index in [-0.39, 0.29) is 5.91 Å². The zero-order valence-corrected chi connectivity index (χ0v) is 16.5. The number of piperidine rings is 1. The number of thiazole rings is 1. The van der Waals surface area contributed by atoms with Gasteiger partial charge in [-0.1, -0.05) is 12.5 Å². The molecule has 0 radical (unpaired) electrons. The van der Waals surface area contributed by atoms with Crippen LogP contribution < -0.4 is 5.32 Å². The number of pyridine rings is 1. The average Bonchev–Trinajstić information content (AvgIpc) is 3.25. The number of carbonyl (C=O) groups is 1. The minimum absolute atomic E-state index is 0.0653. The molecular formula is C20H22N6OS. The Hall–Kier alpha value is -2.71. The van der Waals surface area contributed by atoms with Gasteiger partial charge in [0.25, 0.3) is 0 Å². The second-order valence-electron chi connectivity index (χ2n) is 6.88. The molecule has 0 saturated carbocycles. The zero-order valence-electron chi connectivity index (χ0n) is 15.7. The quantitative estimate of drug-likeness (QED) is 0.713. The van der Waals surface area contributed by atoms with Gasteiger partial charge in [0.05, 0.1) is 6.54 Å². The predicted octanol–water partition coefficient (Wildman–Crippen LogP) is 3.48. The van der Waals surface area contributed by atoms with E-state index in [1.54, 1.807) is 18.5 Å². The highest BCUT2D eigenvalue weighted by molar-refractivity contribution is 7.13. The molecule has 1 atom stereocenters. The summed E-state index contributed by atoms with van der Waals surface area (Å²) in [5.74, 6) is 0.870. The number of aromatic nitrogens is 4. The van der Waals surface area contributed by atoms with Gasteiger partial charge in [-0.15, -0.1) is 11.3 Å². The molecule has 1 unspecified atom stereocenters. The van der Waals surface area contributed by atoms with Crippen molar-refractivity contribution >= 4 is 23.1 Å². The van der Waals surface area contributed by atoms with Crippen LogP contribution in [0.4, 0.5) is 5.82 Å². The Morgan fingerprint density at radius 3 is 2.89 bits per heavy atom. The Balaban J connectivity index is 1.59. The Morgan fingerprint density at radius 2 is 2.14 bits per heavy atom. The highest BCUT2D eigenvalue weighted by Gasteiger charge is 2.21. The number of nitrogens with one attached hydrogen (secondary N) is 1. The third-order valence-electron chi connectivity index (χ3n) is 4.83. The van der Waals surface area contributed by atoms with Crippen LogP contribution in [0, 0.1) is 0 Å². The SMILES string of the molecule is CC1CCCCN1CC(=O)Nc1cc(-c2nccs2)nc(-c2ccccn2)n1. The fourth-order valence-corrected chi connectivity index (χ4v) is 3.94. The van der Waals surface area contributed by atoms with Gasteiger partial charge in [-0.05, 0) is 38.4 Å². The van der Waals surface area contributed by atoms with Crippen molar-refractivity contribution in [3.63, 3.8) is 0 Å². The highest BCUT2D eigenvalue weighted by atomic mass is 32.1. The van der Waals surface area contributed by atoms with Gasteiger partial charge in [0.2, 0.25) is 5.91 Å². The highest BCUT2D eigenvalue weighted by Crippen LogP contribution is 2.25. The van der Waals surface area contributed by atoms with Crippen LogP contribution in [0.2, 0.25) is 0 Å². The topological polar surface area (TPSA) is 83.9 Å². The molecule has 0 bridgehead atoms. The van der Waals surface area contributed by atoms with Gasteiger partial charge in [0.15, 0.2) is 5.82 Å². The van der Waals surface area contributed by atoms with Crippen LogP contribution in [0.1, 0.15) is 26.2 Å². The first-order valence-electron chi connectivity index (χ1n) is 9.43. The molecule has 1 amide bonds. The third kappa shape index (κ3) is 4.40. The van der Waals surface area contributed by atoms with Crippen LogP contribution in [-0.4, -0.2) is 49.9 Å². The van der Waals surface area contributed by atoms with Crippen LogP contribution in [-0.2, 0) is 4.79 Å². The van der Waals surface area contributed by atoms with Crippen molar-refractivity contribution in [3.05, 3.63) is 42.0 Å². The van der Waals surface area contributed by atoms with Crippen molar-refractivity contribution in [1.82, 2.24) is 24.8 Å². The average molecular weight is 395 g/mol. The minimum atomic E-state index is -0.0653. The van der Waals surface area contributed by atoms with E-state index < -0.39 is 0 Å². The van der Waals surface area contributed by atoms with E-state index in [9.17, 15) is 4.79 Å². The van der Waals surface area contributed by atoms with Gasteiger partial charge in [-0.25, -0.2) is 15.0 Å². The summed E-state index contributed by atoms with van der Waals surface area (Å²) in [5.41, 5.74) is 1.33. The van der Waals surface area contributed by atoms with Crippen LogP contribution in [0.5, 0.6) is 0 Å². The number of rotatable bonds is 5. The molecule has 4 rings (SSSR count). The lowest BCUT2D eigenvalue weighted by molar-refractivity contribution is -0.118. The number of nitrogens with zero attached hydrogens (tertiary/aromatic N) is 5. The van der Waals surface area contributed by atoms with Crippen molar-refractivity contribution in [1.29, 1.82) is 0 Å². The lowest BCUT2D eigenvalue weighted by atomic mass is 10.0. The summed E-state index contributed by atoms with van der Waals surface area (Å²) in [6.45, 7) is 3.51. The molecule has 0 aromatic carbocycles. The Labute approximate surface area is 167 Å². The van der Waals surface area contributed by atoms with Gasteiger partial charge in [-0.2, -0.15) is 0 Å². The van der Waals surface area contributed by atoms with Gasteiger partial charge < -0.3 is 5.32 Å². The third-order valence-corrected chi connectivity index (χ3v) is 5.62. The smallest absolute Gasteiger partial charge is 0.239 e.